The fourth-order valence-electron chi connectivity index (χ4n) is 1.62. The fraction of sp³-hybridized carbons (Fsp3) is 0.429. The minimum atomic E-state index is -0.351. The molecule has 110 valence electrons. The SMILES string of the molecule is COCCN(CCC(=O)OC)C(=O)c1ccc(Cl)cc1. The predicted octanol–water partition coefficient (Wildman–Crippen LogP) is 1.99. The van der Waals surface area contributed by atoms with Gasteiger partial charge >= 0.3 is 5.97 Å². The number of benzene rings is 1. The van der Waals surface area contributed by atoms with E-state index in [4.69, 9.17) is 16.3 Å². The average molecular weight is 300 g/mol. The summed E-state index contributed by atoms with van der Waals surface area (Å²) in [7, 11) is 2.88. The van der Waals surface area contributed by atoms with E-state index in [2.05, 4.69) is 4.74 Å². The van der Waals surface area contributed by atoms with Crippen molar-refractivity contribution in [2.75, 3.05) is 33.9 Å². The minimum Gasteiger partial charge on any atom is -0.469 e. The monoisotopic (exact) mass is 299 g/mol. The molecule has 0 bridgehead atoms. The van der Waals surface area contributed by atoms with Crippen LogP contribution in [-0.4, -0.2) is 50.7 Å². The van der Waals surface area contributed by atoms with Crippen molar-refractivity contribution in [1.82, 2.24) is 4.90 Å². The van der Waals surface area contributed by atoms with Crippen LogP contribution in [-0.2, 0) is 14.3 Å². The van der Waals surface area contributed by atoms with E-state index in [9.17, 15) is 9.59 Å². The molecule has 0 saturated carbocycles. The quantitative estimate of drug-likeness (QED) is 0.723. The number of nitrogens with zero attached hydrogens (tertiary/aromatic N) is 1. The first-order valence-electron chi connectivity index (χ1n) is 6.19. The molecule has 0 spiro atoms. The molecule has 0 saturated heterocycles. The van der Waals surface area contributed by atoms with Crippen LogP contribution in [0.4, 0.5) is 0 Å². The summed E-state index contributed by atoms with van der Waals surface area (Å²) in [5.41, 5.74) is 0.523. The lowest BCUT2D eigenvalue weighted by molar-refractivity contribution is -0.140. The van der Waals surface area contributed by atoms with Crippen molar-refractivity contribution in [2.24, 2.45) is 0 Å². The van der Waals surface area contributed by atoms with Crippen molar-refractivity contribution in [2.45, 2.75) is 6.42 Å². The zero-order valence-corrected chi connectivity index (χ0v) is 12.4. The molecular formula is C14H18ClNO4. The first kappa shape index (κ1) is 16.5. The molecule has 0 unspecified atom stereocenters. The Morgan fingerprint density at radius 3 is 2.35 bits per heavy atom. The Morgan fingerprint density at radius 2 is 1.80 bits per heavy atom. The summed E-state index contributed by atoms with van der Waals surface area (Å²) in [5.74, 6) is -0.515. The van der Waals surface area contributed by atoms with Gasteiger partial charge in [-0.3, -0.25) is 9.59 Å². The van der Waals surface area contributed by atoms with Crippen LogP contribution in [0.2, 0.25) is 5.02 Å². The van der Waals surface area contributed by atoms with Crippen LogP contribution in [0.15, 0.2) is 24.3 Å². The van der Waals surface area contributed by atoms with Crippen molar-refractivity contribution in [3.8, 4) is 0 Å². The highest BCUT2D eigenvalue weighted by Crippen LogP contribution is 2.12. The van der Waals surface area contributed by atoms with E-state index in [1.54, 1.807) is 36.3 Å². The Balaban J connectivity index is 2.72. The van der Waals surface area contributed by atoms with Gasteiger partial charge in [-0.1, -0.05) is 11.6 Å². The number of rotatable bonds is 7. The van der Waals surface area contributed by atoms with Crippen LogP contribution < -0.4 is 0 Å². The second-order valence-corrected chi connectivity index (χ2v) is 4.55. The van der Waals surface area contributed by atoms with E-state index >= 15 is 0 Å². The number of halogens is 1. The number of methoxy groups -OCH3 is 2. The third kappa shape index (κ3) is 5.19. The second-order valence-electron chi connectivity index (χ2n) is 4.12. The number of hydrogen-bond donors (Lipinski definition) is 0. The van der Waals surface area contributed by atoms with E-state index in [0.717, 1.165) is 0 Å². The van der Waals surface area contributed by atoms with Gasteiger partial charge in [0.25, 0.3) is 5.91 Å². The molecule has 1 amide bonds. The molecule has 0 atom stereocenters. The Bertz CT molecular complexity index is 447. The fourth-order valence-corrected chi connectivity index (χ4v) is 1.75. The van der Waals surface area contributed by atoms with Gasteiger partial charge in [0.1, 0.15) is 0 Å². The molecule has 0 fully saturated rings. The number of ether oxygens (including phenoxy) is 2. The predicted molar refractivity (Wildman–Crippen MR) is 75.9 cm³/mol. The van der Waals surface area contributed by atoms with Crippen LogP contribution in [0.5, 0.6) is 0 Å². The zero-order chi connectivity index (χ0) is 15.0. The largest absolute Gasteiger partial charge is 0.469 e. The van der Waals surface area contributed by atoms with E-state index in [1.807, 2.05) is 0 Å². The van der Waals surface area contributed by atoms with Gasteiger partial charge in [-0.25, -0.2) is 0 Å². The van der Waals surface area contributed by atoms with E-state index in [0.29, 0.717) is 23.7 Å². The number of carbonyl (C=O) groups excluding carboxylic acids is 2. The molecule has 0 aromatic heterocycles. The van der Waals surface area contributed by atoms with Crippen molar-refractivity contribution in [3.05, 3.63) is 34.9 Å². The molecule has 0 N–H and O–H groups in total. The van der Waals surface area contributed by atoms with Crippen LogP contribution in [0.25, 0.3) is 0 Å². The van der Waals surface area contributed by atoms with Crippen LogP contribution in [0.1, 0.15) is 16.8 Å². The zero-order valence-electron chi connectivity index (χ0n) is 11.6. The molecule has 0 aliphatic heterocycles. The molecule has 1 aromatic carbocycles. The summed E-state index contributed by atoms with van der Waals surface area (Å²) >= 11 is 5.79. The van der Waals surface area contributed by atoms with Gasteiger partial charge in [0.05, 0.1) is 20.1 Å². The second kappa shape index (κ2) is 8.55. The standard InChI is InChI=1S/C14H18ClNO4/c1-19-10-9-16(8-7-13(17)20-2)14(18)11-3-5-12(15)6-4-11/h3-6H,7-10H2,1-2H3. The highest BCUT2D eigenvalue weighted by Gasteiger charge is 2.16. The van der Waals surface area contributed by atoms with Gasteiger partial charge in [-0.2, -0.15) is 0 Å². The number of esters is 1. The first-order valence-corrected chi connectivity index (χ1v) is 6.57. The molecular weight excluding hydrogens is 282 g/mol. The Morgan fingerprint density at radius 1 is 1.15 bits per heavy atom. The number of hydrogen-bond acceptors (Lipinski definition) is 4. The Kier molecular flexibility index (Phi) is 7.04. The molecule has 0 aliphatic rings. The topological polar surface area (TPSA) is 55.8 Å². The summed E-state index contributed by atoms with van der Waals surface area (Å²) in [6.07, 6.45) is 0.152. The summed E-state index contributed by atoms with van der Waals surface area (Å²) in [6, 6.07) is 6.62. The van der Waals surface area contributed by atoms with E-state index in [1.165, 1.54) is 7.11 Å². The summed E-state index contributed by atoms with van der Waals surface area (Å²) in [4.78, 5) is 25.1. The van der Waals surface area contributed by atoms with Gasteiger partial charge in [0.15, 0.2) is 0 Å². The highest BCUT2D eigenvalue weighted by molar-refractivity contribution is 6.30. The minimum absolute atomic E-state index is 0.152. The molecule has 1 aromatic rings. The maximum absolute atomic E-state index is 12.3. The smallest absolute Gasteiger partial charge is 0.307 e. The molecule has 5 nitrogen and oxygen atoms in total. The lowest BCUT2D eigenvalue weighted by atomic mass is 10.2. The maximum Gasteiger partial charge on any atom is 0.307 e. The van der Waals surface area contributed by atoms with E-state index < -0.39 is 0 Å². The number of carbonyl (C=O) groups is 2. The molecule has 0 heterocycles. The Labute approximate surface area is 123 Å². The first-order chi connectivity index (χ1) is 9.58. The summed E-state index contributed by atoms with van der Waals surface area (Å²) < 4.78 is 9.56. The van der Waals surface area contributed by atoms with Crippen LogP contribution in [0, 0.1) is 0 Å². The lowest BCUT2D eigenvalue weighted by Crippen LogP contribution is -2.35. The van der Waals surface area contributed by atoms with E-state index in [-0.39, 0.29) is 24.8 Å². The van der Waals surface area contributed by atoms with Crippen molar-refractivity contribution < 1.29 is 19.1 Å². The van der Waals surface area contributed by atoms with Crippen molar-refractivity contribution in [3.63, 3.8) is 0 Å². The third-order valence-corrected chi connectivity index (χ3v) is 3.01. The third-order valence-electron chi connectivity index (χ3n) is 2.76. The normalized spacial score (nSPS) is 10.2. The molecule has 6 heteroatoms. The van der Waals surface area contributed by atoms with Gasteiger partial charge in [0.2, 0.25) is 0 Å². The van der Waals surface area contributed by atoms with Crippen LogP contribution in [0.3, 0.4) is 0 Å². The van der Waals surface area contributed by atoms with Gasteiger partial charge in [-0.15, -0.1) is 0 Å². The summed E-state index contributed by atoms with van der Waals surface area (Å²) in [6.45, 7) is 1.10. The van der Waals surface area contributed by atoms with Crippen molar-refractivity contribution in [1.29, 1.82) is 0 Å². The van der Waals surface area contributed by atoms with Gasteiger partial charge in [-0.05, 0) is 24.3 Å². The van der Waals surface area contributed by atoms with Crippen molar-refractivity contribution >= 4 is 23.5 Å². The highest BCUT2D eigenvalue weighted by atomic mass is 35.5. The Hall–Kier alpha value is -1.59. The number of amides is 1. The average Bonchev–Trinajstić information content (AvgIpc) is 2.47. The molecule has 0 aliphatic carbocycles. The molecule has 20 heavy (non-hydrogen) atoms. The lowest BCUT2D eigenvalue weighted by Gasteiger charge is -2.22. The van der Waals surface area contributed by atoms with Gasteiger partial charge < -0.3 is 14.4 Å². The summed E-state index contributed by atoms with van der Waals surface area (Å²) in [5, 5.41) is 0.569. The van der Waals surface area contributed by atoms with Crippen LogP contribution >= 0.6 is 11.6 Å². The molecule has 1 rings (SSSR count). The molecule has 0 radical (unpaired) electrons. The maximum atomic E-state index is 12.3. The van der Waals surface area contributed by atoms with Gasteiger partial charge in [0, 0.05) is 30.8 Å².